The van der Waals surface area contributed by atoms with Crippen molar-refractivity contribution in [2.75, 3.05) is 0 Å². The summed E-state index contributed by atoms with van der Waals surface area (Å²) in [5.74, 6) is 2.47. The standard InChI is InChI=1S/C36H32N6/c1-35(2)23-13-25(35)22-16-37-31(12-20(22)23)28-8-6-10-30(42-28)33-18-38-32(17-39-33)29-9-5-7-27(41-29)19-11-21-24-14-26(36(24,3)4)34(21)40-15-19/h5-12,15-18,23-26H,13-14H2,1-4H3. The van der Waals surface area contributed by atoms with E-state index in [1.807, 2.05) is 42.6 Å². The summed E-state index contributed by atoms with van der Waals surface area (Å²) in [6.45, 7) is 9.50. The van der Waals surface area contributed by atoms with Gasteiger partial charge in [0.1, 0.15) is 11.4 Å². The Labute approximate surface area is 245 Å². The molecule has 206 valence electrons. The Kier molecular flexibility index (Phi) is 4.72. The topological polar surface area (TPSA) is 77.3 Å². The summed E-state index contributed by atoms with van der Waals surface area (Å²) < 4.78 is 0. The van der Waals surface area contributed by atoms with Crippen LogP contribution in [0.1, 0.15) is 86.6 Å². The van der Waals surface area contributed by atoms with Crippen LogP contribution in [0.4, 0.5) is 0 Å². The van der Waals surface area contributed by atoms with E-state index < -0.39 is 0 Å². The van der Waals surface area contributed by atoms with Crippen LogP contribution >= 0.6 is 0 Å². The minimum absolute atomic E-state index is 0.323. The van der Waals surface area contributed by atoms with Crippen LogP contribution in [0.15, 0.2) is 73.3 Å². The Morgan fingerprint density at radius 2 is 1.05 bits per heavy atom. The van der Waals surface area contributed by atoms with Gasteiger partial charge in [-0.05, 0) is 94.5 Å². The molecule has 4 unspecified atom stereocenters. The van der Waals surface area contributed by atoms with E-state index in [0.717, 1.165) is 45.4 Å². The van der Waals surface area contributed by atoms with Crippen molar-refractivity contribution in [1.82, 2.24) is 29.9 Å². The highest BCUT2D eigenvalue weighted by Gasteiger charge is 2.58. The molecule has 2 fully saturated rings. The van der Waals surface area contributed by atoms with Gasteiger partial charge in [-0.2, -0.15) is 0 Å². The molecule has 0 radical (unpaired) electrons. The fourth-order valence-electron chi connectivity index (χ4n) is 8.37. The molecule has 0 N–H and O–H groups in total. The molecular formula is C36H32N6. The molecule has 4 bridgehead atoms. The van der Waals surface area contributed by atoms with E-state index in [4.69, 9.17) is 29.9 Å². The zero-order chi connectivity index (χ0) is 28.4. The third kappa shape index (κ3) is 3.21. The van der Waals surface area contributed by atoms with Crippen molar-refractivity contribution in [2.45, 2.75) is 64.2 Å². The third-order valence-corrected chi connectivity index (χ3v) is 11.1. The molecule has 0 saturated heterocycles. The van der Waals surface area contributed by atoms with Crippen molar-refractivity contribution in [2.24, 2.45) is 10.8 Å². The van der Waals surface area contributed by atoms with E-state index in [1.54, 1.807) is 12.4 Å². The van der Waals surface area contributed by atoms with E-state index in [9.17, 15) is 0 Å². The van der Waals surface area contributed by atoms with Crippen LogP contribution in [-0.2, 0) is 0 Å². The summed E-state index contributed by atoms with van der Waals surface area (Å²) >= 11 is 0. The SMILES string of the molecule is CC1(C)C2CC1c1cc(-c3cccc(-c4cnc(-c5cccc(-c6cnc7c(c6)C6CC7C6(C)C)n5)cn4)n3)ncc12. The minimum Gasteiger partial charge on any atom is -0.260 e. The quantitative estimate of drug-likeness (QED) is 0.227. The molecule has 4 atom stereocenters. The number of pyridine rings is 4. The zero-order valence-electron chi connectivity index (χ0n) is 24.3. The second-order valence-electron chi connectivity index (χ2n) is 13.8. The first-order valence-corrected chi connectivity index (χ1v) is 15.1. The first-order valence-electron chi connectivity index (χ1n) is 15.1. The van der Waals surface area contributed by atoms with E-state index in [1.165, 1.54) is 35.2 Å². The van der Waals surface area contributed by atoms with Gasteiger partial charge in [0, 0.05) is 29.6 Å². The predicted molar refractivity (Wildman–Crippen MR) is 163 cm³/mol. The van der Waals surface area contributed by atoms with Gasteiger partial charge in [-0.15, -0.1) is 0 Å². The first-order chi connectivity index (χ1) is 20.3. The van der Waals surface area contributed by atoms with Crippen molar-refractivity contribution in [3.05, 3.63) is 95.7 Å². The average Bonchev–Trinajstić information content (AvgIpc) is 3.73. The monoisotopic (exact) mass is 548 g/mol. The molecule has 0 spiro atoms. The maximum absolute atomic E-state index is 4.95. The highest BCUT2D eigenvalue weighted by molar-refractivity contribution is 5.67. The van der Waals surface area contributed by atoms with Gasteiger partial charge in [0.2, 0.25) is 0 Å². The van der Waals surface area contributed by atoms with Crippen LogP contribution in [0.2, 0.25) is 0 Å². The molecule has 42 heavy (non-hydrogen) atoms. The fourth-order valence-corrected chi connectivity index (χ4v) is 8.37. The molecule has 0 aliphatic heterocycles. The van der Waals surface area contributed by atoms with E-state index in [2.05, 4.69) is 46.0 Å². The highest BCUT2D eigenvalue weighted by Crippen LogP contribution is 2.69. The van der Waals surface area contributed by atoms with Crippen LogP contribution in [0.3, 0.4) is 0 Å². The van der Waals surface area contributed by atoms with E-state index in [0.29, 0.717) is 34.5 Å². The fraction of sp³-hybridized carbons (Fsp3) is 0.333. The van der Waals surface area contributed by atoms with E-state index >= 15 is 0 Å². The van der Waals surface area contributed by atoms with Crippen molar-refractivity contribution < 1.29 is 0 Å². The van der Waals surface area contributed by atoms with Crippen LogP contribution < -0.4 is 0 Å². The summed E-state index contributed by atoms with van der Waals surface area (Å²) in [5.41, 5.74) is 13.0. The molecule has 11 rings (SSSR count). The predicted octanol–water partition coefficient (Wildman–Crippen LogP) is 7.95. The van der Waals surface area contributed by atoms with Gasteiger partial charge in [-0.25, -0.2) is 9.97 Å². The molecule has 5 aromatic heterocycles. The summed E-state index contributed by atoms with van der Waals surface area (Å²) in [6.07, 6.45) is 10.1. The minimum atomic E-state index is 0.323. The Morgan fingerprint density at radius 1 is 0.500 bits per heavy atom. The Hall–Kier alpha value is -4.32. The van der Waals surface area contributed by atoms with Crippen LogP contribution in [0.25, 0.3) is 45.4 Å². The molecule has 5 aromatic rings. The largest absolute Gasteiger partial charge is 0.260 e. The van der Waals surface area contributed by atoms with Gasteiger partial charge in [0.15, 0.2) is 0 Å². The molecule has 6 heteroatoms. The second kappa shape index (κ2) is 8.15. The summed E-state index contributed by atoms with van der Waals surface area (Å²) in [7, 11) is 0. The lowest BCUT2D eigenvalue weighted by atomic mass is 9.59. The number of aromatic nitrogens is 6. The molecule has 6 aliphatic rings. The highest BCUT2D eigenvalue weighted by atomic mass is 14.9. The lowest BCUT2D eigenvalue weighted by Gasteiger charge is -2.44. The smallest absolute Gasteiger partial charge is 0.107 e. The molecular weight excluding hydrogens is 516 g/mol. The summed E-state index contributed by atoms with van der Waals surface area (Å²) in [5, 5.41) is 0. The maximum atomic E-state index is 4.95. The van der Waals surface area contributed by atoms with Gasteiger partial charge < -0.3 is 0 Å². The molecule has 0 aromatic carbocycles. The van der Waals surface area contributed by atoms with E-state index in [-0.39, 0.29) is 0 Å². The third-order valence-electron chi connectivity index (χ3n) is 11.1. The van der Waals surface area contributed by atoms with Crippen molar-refractivity contribution in [3.8, 4) is 45.4 Å². The molecule has 6 nitrogen and oxygen atoms in total. The zero-order valence-corrected chi connectivity index (χ0v) is 24.3. The van der Waals surface area contributed by atoms with Crippen LogP contribution in [0.5, 0.6) is 0 Å². The summed E-state index contributed by atoms with van der Waals surface area (Å²) in [6, 6.07) is 16.7. The van der Waals surface area contributed by atoms with Crippen LogP contribution in [0, 0.1) is 10.8 Å². The van der Waals surface area contributed by atoms with Gasteiger partial charge in [-0.1, -0.05) is 39.8 Å². The Bertz CT molecular complexity index is 1780. The van der Waals surface area contributed by atoms with Crippen molar-refractivity contribution in [1.29, 1.82) is 0 Å². The molecule has 6 aliphatic carbocycles. The normalized spacial score (nSPS) is 24.9. The van der Waals surface area contributed by atoms with Crippen molar-refractivity contribution in [3.63, 3.8) is 0 Å². The Morgan fingerprint density at radius 3 is 1.71 bits per heavy atom. The maximum Gasteiger partial charge on any atom is 0.107 e. The number of nitrogens with zero attached hydrogens (tertiary/aromatic N) is 6. The number of hydrogen-bond donors (Lipinski definition) is 0. The van der Waals surface area contributed by atoms with Gasteiger partial charge in [0.05, 0.1) is 40.9 Å². The lowest BCUT2D eigenvalue weighted by Crippen LogP contribution is -2.33. The molecule has 2 saturated carbocycles. The van der Waals surface area contributed by atoms with Crippen molar-refractivity contribution >= 4 is 0 Å². The number of hydrogen-bond acceptors (Lipinski definition) is 6. The van der Waals surface area contributed by atoms with Crippen LogP contribution in [-0.4, -0.2) is 29.9 Å². The first kappa shape index (κ1) is 24.3. The van der Waals surface area contributed by atoms with Gasteiger partial charge in [0.25, 0.3) is 0 Å². The Balaban J connectivity index is 0.985. The van der Waals surface area contributed by atoms with Gasteiger partial charge >= 0.3 is 0 Å². The second-order valence-corrected chi connectivity index (χ2v) is 13.8. The average molecular weight is 549 g/mol. The molecule has 5 heterocycles. The van der Waals surface area contributed by atoms with Gasteiger partial charge in [-0.3, -0.25) is 19.9 Å². The lowest BCUT2D eigenvalue weighted by molar-refractivity contribution is 0.125. The summed E-state index contributed by atoms with van der Waals surface area (Å²) in [4.78, 5) is 29.0. The molecule has 0 amide bonds. The number of rotatable bonds is 4.